The predicted octanol–water partition coefficient (Wildman–Crippen LogP) is -2.67. The van der Waals surface area contributed by atoms with Crippen LogP contribution in [0.2, 0.25) is 0 Å². The van der Waals surface area contributed by atoms with Gasteiger partial charge in [0.2, 0.25) is 11.8 Å². The molecular weight excluding hydrogens is 272 g/mol. The molecule has 4 N–H and O–H groups in total. The highest BCUT2D eigenvalue weighted by Gasteiger charge is 2.37. The molecule has 0 radical (unpaired) electrons. The fraction of sp³-hybridized carbons (Fsp3) is 0.500. The molecule has 0 aromatic rings. The van der Waals surface area contributed by atoms with Crippen molar-refractivity contribution in [1.82, 2.24) is 15.1 Å². The van der Waals surface area contributed by atoms with E-state index in [1.807, 2.05) is 0 Å². The van der Waals surface area contributed by atoms with Crippen LogP contribution in [0.15, 0.2) is 0 Å². The number of carbonyl (C=O) groups excluding carboxylic acids is 4. The second-order valence-electron chi connectivity index (χ2n) is 4.21. The molecule has 1 aliphatic rings. The van der Waals surface area contributed by atoms with E-state index in [4.69, 9.17) is 10.8 Å². The van der Waals surface area contributed by atoms with E-state index in [9.17, 15) is 24.0 Å². The zero-order valence-electron chi connectivity index (χ0n) is 10.7. The molecule has 1 aliphatic heterocycles. The highest BCUT2D eigenvalue weighted by atomic mass is 16.4. The first-order valence-corrected chi connectivity index (χ1v) is 5.58. The molecule has 1 unspecified atom stereocenters. The summed E-state index contributed by atoms with van der Waals surface area (Å²) in [6.07, 6.45) is -0.210. The lowest BCUT2D eigenvalue weighted by molar-refractivity contribution is -0.138. The van der Waals surface area contributed by atoms with Crippen molar-refractivity contribution in [3.05, 3.63) is 0 Å². The van der Waals surface area contributed by atoms with E-state index in [0.29, 0.717) is 4.90 Å². The molecule has 0 aromatic carbocycles. The van der Waals surface area contributed by atoms with Gasteiger partial charge in [-0.25, -0.2) is 4.79 Å². The number of hydrogen-bond donors (Lipinski definition) is 3. The van der Waals surface area contributed by atoms with Crippen LogP contribution in [-0.4, -0.2) is 70.8 Å². The number of rotatable bonds is 5. The maximum absolute atomic E-state index is 11.8. The van der Waals surface area contributed by atoms with Crippen LogP contribution in [0.3, 0.4) is 0 Å². The molecule has 20 heavy (non-hydrogen) atoms. The number of carboxylic acid groups (broad SMARTS) is 1. The van der Waals surface area contributed by atoms with Gasteiger partial charge in [0, 0.05) is 7.05 Å². The number of likely N-dealkylation sites (N-methyl/N-ethyl adjacent to an activating group) is 1. The molecule has 1 atom stereocenters. The van der Waals surface area contributed by atoms with E-state index in [1.54, 1.807) is 0 Å². The summed E-state index contributed by atoms with van der Waals surface area (Å²) in [5.74, 6) is -3.29. The number of amides is 5. The molecule has 0 saturated carbocycles. The normalized spacial score (nSPS) is 18.1. The van der Waals surface area contributed by atoms with Crippen molar-refractivity contribution >= 4 is 29.7 Å². The van der Waals surface area contributed by atoms with Crippen molar-refractivity contribution in [2.45, 2.75) is 12.5 Å². The first-order valence-electron chi connectivity index (χ1n) is 5.58. The van der Waals surface area contributed by atoms with E-state index in [0.717, 1.165) is 4.90 Å². The van der Waals surface area contributed by atoms with Crippen LogP contribution in [0, 0.1) is 0 Å². The minimum atomic E-state index is -1.34. The molecule has 10 heteroatoms. The monoisotopic (exact) mass is 286 g/mol. The lowest BCUT2D eigenvalue weighted by atomic mass is 10.2. The van der Waals surface area contributed by atoms with Crippen LogP contribution < -0.4 is 11.1 Å². The van der Waals surface area contributed by atoms with E-state index in [-0.39, 0.29) is 6.42 Å². The Morgan fingerprint density at radius 1 is 1.40 bits per heavy atom. The number of urea groups is 1. The molecule has 0 bridgehead atoms. The van der Waals surface area contributed by atoms with Gasteiger partial charge in [-0.15, -0.1) is 0 Å². The molecule has 0 spiro atoms. The number of nitrogens with one attached hydrogen (secondary N) is 1. The molecule has 1 rings (SSSR count). The summed E-state index contributed by atoms with van der Waals surface area (Å²) in [4.78, 5) is 57.5. The van der Waals surface area contributed by atoms with Gasteiger partial charge < -0.3 is 21.1 Å². The van der Waals surface area contributed by atoms with E-state index >= 15 is 0 Å². The fourth-order valence-electron chi connectivity index (χ4n) is 1.66. The highest BCUT2D eigenvalue weighted by Crippen LogP contribution is 2.10. The van der Waals surface area contributed by atoms with Gasteiger partial charge >= 0.3 is 12.0 Å². The SMILES string of the molecule is CN1C(=O)CC(NC(=O)N(CC(N)=O)CC(=O)O)C1=O. The number of nitrogens with two attached hydrogens (primary N) is 1. The number of likely N-dealkylation sites (tertiary alicyclic amines) is 1. The molecule has 5 amide bonds. The van der Waals surface area contributed by atoms with Crippen molar-refractivity contribution in [2.75, 3.05) is 20.1 Å². The van der Waals surface area contributed by atoms with Crippen molar-refractivity contribution in [1.29, 1.82) is 0 Å². The summed E-state index contributed by atoms with van der Waals surface area (Å²) in [6.45, 7) is -1.36. The minimum absolute atomic E-state index is 0.210. The van der Waals surface area contributed by atoms with Gasteiger partial charge in [-0.05, 0) is 0 Å². The van der Waals surface area contributed by atoms with Crippen molar-refractivity contribution in [3.8, 4) is 0 Å². The van der Waals surface area contributed by atoms with Crippen molar-refractivity contribution < 1.29 is 29.1 Å². The average molecular weight is 286 g/mol. The number of imide groups is 1. The van der Waals surface area contributed by atoms with Crippen LogP contribution in [0.4, 0.5) is 4.79 Å². The Labute approximate surface area is 113 Å². The zero-order valence-corrected chi connectivity index (χ0v) is 10.7. The van der Waals surface area contributed by atoms with Gasteiger partial charge in [0.05, 0.1) is 6.42 Å². The van der Waals surface area contributed by atoms with Gasteiger partial charge in [0.15, 0.2) is 0 Å². The molecule has 0 aromatic heterocycles. The van der Waals surface area contributed by atoms with Crippen LogP contribution in [0.5, 0.6) is 0 Å². The molecule has 10 nitrogen and oxygen atoms in total. The molecule has 110 valence electrons. The number of hydrogen-bond acceptors (Lipinski definition) is 5. The maximum atomic E-state index is 11.8. The van der Waals surface area contributed by atoms with Gasteiger partial charge in [-0.2, -0.15) is 0 Å². The quantitative estimate of drug-likeness (QED) is 0.469. The number of carbonyl (C=O) groups is 5. The lowest BCUT2D eigenvalue weighted by Crippen LogP contribution is -2.51. The zero-order chi connectivity index (χ0) is 15.4. The second kappa shape index (κ2) is 5.99. The van der Waals surface area contributed by atoms with Crippen LogP contribution in [0.1, 0.15) is 6.42 Å². The van der Waals surface area contributed by atoms with Gasteiger partial charge in [0.25, 0.3) is 5.91 Å². The Hall–Kier alpha value is -2.65. The minimum Gasteiger partial charge on any atom is -0.480 e. The standard InChI is InChI=1S/C10H14N4O6/c1-13-7(16)2-5(9(13)19)12-10(20)14(3-6(11)15)4-8(17)18/h5H,2-4H2,1H3,(H2,11,15)(H,12,20)(H,17,18). The fourth-order valence-corrected chi connectivity index (χ4v) is 1.66. The molecule has 1 saturated heterocycles. The number of carboxylic acids is 1. The summed E-state index contributed by atoms with van der Waals surface area (Å²) < 4.78 is 0. The Kier molecular flexibility index (Phi) is 4.62. The summed E-state index contributed by atoms with van der Waals surface area (Å²) in [6, 6.07) is -2.02. The summed E-state index contributed by atoms with van der Waals surface area (Å²) >= 11 is 0. The second-order valence-corrected chi connectivity index (χ2v) is 4.21. The van der Waals surface area contributed by atoms with E-state index in [2.05, 4.69) is 5.32 Å². The van der Waals surface area contributed by atoms with Crippen molar-refractivity contribution in [2.24, 2.45) is 5.73 Å². The summed E-state index contributed by atoms with van der Waals surface area (Å²) in [5, 5.41) is 10.8. The lowest BCUT2D eigenvalue weighted by Gasteiger charge is -2.21. The van der Waals surface area contributed by atoms with Gasteiger partial charge in [-0.3, -0.25) is 24.1 Å². The first kappa shape index (κ1) is 15.4. The third-order valence-corrected chi connectivity index (χ3v) is 2.64. The van der Waals surface area contributed by atoms with Gasteiger partial charge in [0.1, 0.15) is 19.1 Å². The molecule has 1 heterocycles. The largest absolute Gasteiger partial charge is 0.480 e. The Bertz CT molecular complexity index is 460. The number of aliphatic carboxylic acids is 1. The summed E-state index contributed by atoms with van der Waals surface area (Å²) in [5.41, 5.74) is 4.90. The van der Waals surface area contributed by atoms with Crippen LogP contribution in [-0.2, 0) is 19.2 Å². The van der Waals surface area contributed by atoms with E-state index < -0.39 is 48.9 Å². The smallest absolute Gasteiger partial charge is 0.323 e. The Morgan fingerprint density at radius 2 is 2.00 bits per heavy atom. The number of nitrogens with zero attached hydrogens (tertiary/aromatic N) is 2. The first-order chi connectivity index (χ1) is 9.22. The van der Waals surface area contributed by atoms with Gasteiger partial charge in [-0.1, -0.05) is 0 Å². The van der Waals surface area contributed by atoms with E-state index in [1.165, 1.54) is 7.05 Å². The molecule has 0 aliphatic carbocycles. The van der Waals surface area contributed by atoms with Crippen molar-refractivity contribution in [3.63, 3.8) is 0 Å². The third-order valence-electron chi connectivity index (χ3n) is 2.64. The maximum Gasteiger partial charge on any atom is 0.323 e. The Balaban J connectivity index is 2.71. The number of primary amides is 1. The van der Waals surface area contributed by atoms with Crippen LogP contribution >= 0.6 is 0 Å². The highest BCUT2D eigenvalue weighted by molar-refractivity contribution is 6.06. The third kappa shape index (κ3) is 3.67. The summed E-state index contributed by atoms with van der Waals surface area (Å²) in [7, 11) is 1.27. The average Bonchev–Trinajstić information content (AvgIpc) is 2.55. The Morgan fingerprint density at radius 3 is 2.40 bits per heavy atom. The van der Waals surface area contributed by atoms with Crippen LogP contribution in [0.25, 0.3) is 0 Å². The molecule has 1 fully saturated rings. The topological polar surface area (TPSA) is 150 Å². The molecular formula is C10H14N4O6. The predicted molar refractivity (Wildman–Crippen MR) is 63.1 cm³/mol.